The highest BCUT2D eigenvalue weighted by Crippen LogP contribution is 2.35. The minimum atomic E-state index is 0.289. The van der Waals surface area contributed by atoms with Crippen LogP contribution in [-0.4, -0.2) is 24.3 Å². The first kappa shape index (κ1) is 13.6. The molecule has 1 fully saturated rings. The maximum Gasteiger partial charge on any atom is 0.0443 e. The van der Waals surface area contributed by atoms with E-state index in [4.69, 9.17) is 5.11 Å². The van der Waals surface area contributed by atoms with E-state index >= 15 is 0 Å². The molecule has 0 radical (unpaired) electrons. The molecule has 18 heavy (non-hydrogen) atoms. The molecule has 3 atom stereocenters. The minimum absolute atomic E-state index is 0.289. The molecule has 1 aromatic rings. The maximum atomic E-state index is 8.84. The normalized spacial score (nSPS) is 28.2. The van der Waals surface area contributed by atoms with E-state index in [1.165, 1.54) is 24.8 Å². The van der Waals surface area contributed by atoms with Crippen LogP contribution in [0.3, 0.4) is 0 Å². The zero-order valence-corrected chi connectivity index (χ0v) is 11.3. The van der Waals surface area contributed by atoms with E-state index in [9.17, 15) is 0 Å². The third-order valence-electron chi connectivity index (χ3n) is 3.98. The molecule has 1 aromatic carbocycles. The van der Waals surface area contributed by atoms with Crippen molar-refractivity contribution in [3.63, 3.8) is 0 Å². The topological polar surface area (TPSA) is 32.3 Å². The Morgan fingerprint density at radius 1 is 1.17 bits per heavy atom. The molecule has 2 rings (SSSR count). The van der Waals surface area contributed by atoms with Gasteiger partial charge in [0.1, 0.15) is 0 Å². The summed E-state index contributed by atoms with van der Waals surface area (Å²) in [5.74, 6) is 1.48. The summed E-state index contributed by atoms with van der Waals surface area (Å²) >= 11 is 0. The molecule has 0 amide bonds. The van der Waals surface area contributed by atoms with Gasteiger partial charge in [-0.2, -0.15) is 0 Å². The lowest BCUT2D eigenvalue weighted by atomic mass is 9.76. The second-order valence-electron chi connectivity index (χ2n) is 5.65. The van der Waals surface area contributed by atoms with E-state index in [1.807, 2.05) is 0 Å². The molecule has 0 saturated heterocycles. The van der Waals surface area contributed by atoms with Crippen LogP contribution in [0.5, 0.6) is 0 Å². The molecule has 0 heterocycles. The van der Waals surface area contributed by atoms with Crippen molar-refractivity contribution in [2.45, 2.75) is 44.6 Å². The SMILES string of the molecule is CC1CC(NCCCO)CC(c2ccccc2)C1. The average molecular weight is 247 g/mol. The first-order valence-electron chi connectivity index (χ1n) is 7.18. The fourth-order valence-electron chi connectivity index (χ4n) is 3.15. The Morgan fingerprint density at radius 3 is 2.67 bits per heavy atom. The largest absolute Gasteiger partial charge is 0.396 e. The highest BCUT2D eigenvalue weighted by atomic mass is 16.3. The van der Waals surface area contributed by atoms with Gasteiger partial charge in [0, 0.05) is 12.6 Å². The Labute approximate surface area is 110 Å². The first-order chi connectivity index (χ1) is 8.79. The van der Waals surface area contributed by atoms with Crippen LogP contribution in [-0.2, 0) is 0 Å². The molecular formula is C16H25NO. The van der Waals surface area contributed by atoms with Crippen molar-refractivity contribution in [1.82, 2.24) is 5.32 Å². The molecule has 0 aromatic heterocycles. The van der Waals surface area contributed by atoms with Crippen LogP contribution in [0.4, 0.5) is 0 Å². The van der Waals surface area contributed by atoms with E-state index in [1.54, 1.807) is 0 Å². The predicted octanol–water partition coefficient (Wildman–Crippen LogP) is 2.93. The van der Waals surface area contributed by atoms with Gasteiger partial charge in [0.05, 0.1) is 0 Å². The molecule has 3 unspecified atom stereocenters. The number of hydrogen-bond acceptors (Lipinski definition) is 2. The fourth-order valence-corrected chi connectivity index (χ4v) is 3.15. The Morgan fingerprint density at radius 2 is 1.94 bits per heavy atom. The van der Waals surface area contributed by atoms with Gasteiger partial charge in [0.15, 0.2) is 0 Å². The van der Waals surface area contributed by atoms with Crippen molar-refractivity contribution in [2.24, 2.45) is 5.92 Å². The summed E-state index contributed by atoms with van der Waals surface area (Å²) in [6.07, 6.45) is 4.68. The van der Waals surface area contributed by atoms with Gasteiger partial charge < -0.3 is 10.4 Å². The van der Waals surface area contributed by atoms with Crippen molar-refractivity contribution in [2.75, 3.05) is 13.2 Å². The lowest BCUT2D eigenvalue weighted by Crippen LogP contribution is -2.37. The van der Waals surface area contributed by atoms with E-state index in [2.05, 4.69) is 42.6 Å². The van der Waals surface area contributed by atoms with Crippen LogP contribution in [0.15, 0.2) is 30.3 Å². The molecule has 1 aliphatic rings. The highest BCUT2D eigenvalue weighted by Gasteiger charge is 2.26. The zero-order valence-electron chi connectivity index (χ0n) is 11.3. The Balaban J connectivity index is 1.92. The summed E-state index contributed by atoms with van der Waals surface area (Å²) in [5.41, 5.74) is 1.48. The van der Waals surface area contributed by atoms with Crippen molar-refractivity contribution < 1.29 is 5.11 Å². The van der Waals surface area contributed by atoms with E-state index in [0.29, 0.717) is 12.0 Å². The number of hydrogen-bond donors (Lipinski definition) is 2. The van der Waals surface area contributed by atoms with Gasteiger partial charge in [-0.1, -0.05) is 37.3 Å². The molecule has 2 N–H and O–H groups in total. The maximum absolute atomic E-state index is 8.84. The first-order valence-corrected chi connectivity index (χ1v) is 7.18. The second kappa shape index (κ2) is 6.91. The monoisotopic (exact) mass is 247 g/mol. The predicted molar refractivity (Wildman–Crippen MR) is 75.7 cm³/mol. The molecule has 2 nitrogen and oxygen atoms in total. The summed E-state index contributed by atoms with van der Waals surface area (Å²) in [4.78, 5) is 0. The molecule has 1 aliphatic carbocycles. The standard InChI is InChI=1S/C16H25NO/c1-13-10-15(14-6-3-2-4-7-14)12-16(11-13)17-8-5-9-18/h2-4,6-7,13,15-18H,5,8-12H2,1H3. The Bertz CT molecular complexity index is 338. The van der Waals surface area contributed by atoms with Crippen LogP contribution in [0, 0.1) is 5.92 Å². The molecule has 2 heteroatoms. The summed E-state index contributed by atoms with van der Waals surface area (Å²) in [6, 6.07) is 11.5. The molecule has 1 saturated carbocycles. The summed E-state index contributed by atoms with van der Waals surface area (Å²) < 4.78 is 0. The molecule has 0 aliphatic heterocycles. The minimum Gasteiger partial charge on any atom is -0.396 e. The van der Waals surface area contributed by atoms with Crippen LogP contribution < -0.4 is 5.32 Å². The third kappa shape index (κ3) is 3.82. The van der Waals surface area contributed by atoms with E-state index < -0.39 is 0 Å². The van der Waals surface area contributed by atoms with Gasteiger partial charge in [0.2, 0.25) is 0 Å². The number of aliphatic hydroxyl groups excluding tert-OH is 1. The average Bonchev–Trinajstić information content (AvgIpc) is 2.39. The molecule has 0 spiro atoms. The smallest absolute Gasteiger partial charge is 0.0443 e. The van der Waals surface area contributed by atoms with E-state index in [-0.39, 0.29) is 6.61 Å². The highest BCUT2D eigenvalue weighted by molar-refractivity contribution is 5.20. The van der Waals surface area contributed by atoms with Crippen molar-refractivity contribution in [3.8, 4) is 0 Å². The van der Waals surface area contributed by atoms with Crippen LogP contribution in [0.1, 0.15) is 44.1 Å². The van der Waals surface area contributed by atoms with E-state index in [0.717, 1.165) is 18.9 Å². The van der Waals surface area contributed by atoms with Crippen LogP contribution >= 0.6 is 0 Å². The summed E-state index contributed by atoms with van der Waals surface area (Å²) in [5, 5.41) is 12.4. The number of aliphatic hydroxyl groups is 1. The van der Waals surface area contributed by atoms with Gasteiger partial charge in [-0.3, -0.25) is 0 Å². The molecule has 0 bridgehead atoms. The van der Waals surface area contributed by atoms with Crippen molar-refractivity contribution >= 4 is 0 Å². The van der Waals surface area contributed by atoms with Crippen molar-refractivity contribution in [1.29, 1.82) is 0 Å². The van der Waals surface area contributed by atoms with Crippen molar-refractivity contribution in [3.05, 3.63) is 35.9 Å². The number of benzene rings is 1. The quantitative estimate of drug-likeness (QED) is 0.784. The summed E-state index contributed by atoms with van der Waals surface area (Å²) in [6.45, 7) is 3.59. The van der Waals surface area contributed by atoms with Gasteiger partial charge >= 0.3 is 0 Å². The third-order valence-corrected chi connectivity index (χ3v) is 3.98. The lowest BCUT2D eigenvalue weighted by Gasteiger charge is -2.34. The van der Waals surface area contributed by atoms with Crippen LogP contribution in [0.2, 0.25) is 0 Å². The van der Waals surface area contributed by atoms with Gasteiger partial charge in [-0.05, 0) is 49.6 Å². The van der Waals surface area contributed by atoms with Gasteiger partial charge in [0.25, 0.3) is 0 Å². The number of rotatable bonds is 5. The fraction of sp³-hybridized carbons (Fsp3) is 0.625. The molecule has 100 valence electrons. The lowest BCUT2D eigenvalue weighted by molar-refractivity contribution is 0.253. The Hall–Kier alpha value is -0.860. The van der Waals surface area contributed by atoms with Gasteiger partial charge in [-0.25, -0.2) is 0 Å². The second-order valence-corrected chi connectivity index (χ2v) is 5.65. The summed E-state index contributed by atoms with van der Waals surface area (Å²) in [7, 11) is 0. The van der Waals surface area contributed by atoms with Gasteiger partial charge in [-0.15, -0.1) is 0 Å². The zero-order chi connectivity index (χ0) is 12.8. The van der Waals surface area contributed by atoms with Crippen LogP contribution in [0.25, 0.3) is 0 Å². The molecular weight excluding hydrogens is 222 g/mol. The number of nitrogens with one attached hydrogen (secondary N) is 1. The Kier molecular flexibility index (Phi) is 5.21.